The van der Waals surface area contributed by atoms with Crippen LogP contribution in [0.25, 0.3) is 0 Å². The first kappa shape index (κ1) is 23.0. The highest BCUT2D eigenvalue weighted by Crippen LogP contribution is 2.60. The standard InChI is InChI=1S/C24H32ClN3O4S/c1-14-18(25)5-4-6-19(14)28(33(31)32)24(7-2-3-8-24)22(30)27-20-16-9-15-10-17(20)13-23(11-15,12-16)21(26)29/h4-6,15-17,20,33H,2-3,7-13H2,1H3,(H2,26,29)(H,27,30). The van der Waals surface area contributed by atoms with Gasteiger partial charge in [0.25, 0.3) is 0 Å². The van der Waals surface area contributed by atoms with Gasteiger partial charge < -0.3 is 11.1 Å². The van der Waals surface area contributed by atoms with E-state index in [1.165, 1.54) is 4.31 Å². The topological polar surface area (TPSA) is 110 Å². The Morgan fingerprint density at radius 2 is 1.76 bits per heavy atom. The van der Waals surface area contributed by atoms with E-state index in [-0.39, 0.29) is 29.7 Å². The number of nitrogens with two attached hydrogens (primary N) is 1. The second-order valence-corrected chi connectivity index (χ2v) is 12.1. The van der Waals surface area contributed by atoms with Gasteiger partial charge in [-0.3, -0.25) is 13.9 Å². The minimum absolute atomic E-state index is 0.0363. The zero-order chi connectivity index (χ0) is 23.5. The molecule has 180 valence electrons. The van der Waals surface area contributed by atoms with Crippen molar-refractivity contribution < 1.29 is 18.0 Å². The predicted molar refractivity (Wildman–Crippen MR) is 127 cm³/mol. The van der Waals surface area contributed by atoms with Crippen LogP contribution in [0.1, 0.15) is 63.4 Å². The maximum Gasteiger partial charge on any atom is 0.247 e. The van der Waals surface area contributed by atoms with Gasteiger partial charge in [0.05, 0.1) is 5.69 Å². The monoisotopic (exact) mass is 493 g/mol. The Morgan fingerprint density at radius 1 is 1.12 bits per heavy atom. The fraction of sp³-hybridized carbons (Fsp3) is 0.667. The van der Waals surface area contributed by atoms with E-state index in [1.54, 1.807) is 25.1 Å². The van der Waals surface area contributed by atoms with Gasteiger partial charge in [-0.25, -0.2) is 8.42 Å². The summed E-state index contributed by atoms with van der Waals surface area (Å²) >= 11 is 6.31. The summed E-state index contributed by atoms with van der Waals surface area (Å²) in [4.78, 5) is 26.2. The molecule has 0 aromatic heterocycles. The van der Waals surface area contributed by atoms with Gasteiger partial charge in [0.2, 0.25) is 22.7 Å². The second-order valence-electron chi connectivity index (χ2n) is 10.8. The molecule has 5 aliphatic rings. The molecule has 1 aromatic rings. The molecule has 1 aromatic carbocycles. The lowest BCUT2D eigenvalue weighted by molar-refractivity contribution is -0.148. The molecule has 5 fully saturated rings. The average molecular weight is 494 g/mol. The van der Waals surface area contributed by atoms with Gasteiger partial charge in [-0.15, -0.1) is 0 Å². The van der Waals surface area contributed by atoms with Gasteiger partial charge in [-0.1, -0.05) is 30.5 Å². The molecule has 0 spiro atoms. The summed E-state index contributed by atoms with van der Waals surface area (Å²) < 4.78 is 26.5. The Hall–Kier alpha value is -1.80. The van der Waals surface area contributed by atoms with Crippen LogP contribution in [-0.2, 0) is 20.5 Å². The SMILES string of the molecule is Cc1c(Cl)cccc1N([SH](=O)=O)C1(C(=O)NC2C3CC4CC2CC(C(N)=O)(C4)C3)CCCC1. The fourth-order valence-corrected chi connectivity index (χ4v) is 8.81. The third-order valence-electron chi connectivity index (χ3n) is 8.98. The van der Waals surface area contributed by atoms with E-state index in [9.17, 15) is 18.0 Å². The fourth-order valence-electron chi connectivity index (χ4n) is 7.64. The number of rotatable bonds is 6. The third-order valence-corrected chi connectivity index (χ3v) is 10.3. The normalized spacial score (nSPS) is 33.9. The van der Waals surface area contributed by atoms with Crippen molar-refractivity contribution in [3.05, 3.63) is 28.8 Å². The molecular weight excluding hydrogens is 462 g/mol. The molecule has 0 saturated heterocycles. The van der Waals surface area contributed by atoms with Crippen LogP contribution >= 0.6 is 11.6 Å². The molecule has 33 heavy (non-hydrogen) atoms. The minimum Gasteiger partial charge on any atom is -0.369 e. The third kappa shape index (κ3) is 3.55. The number of amides is 2. The zero-order valence-electron chi connectivity index (χ0n) is 18.9. The first-order valence-electron chi connectivity index (χ1n) is 12.0. The number of halogens is 1. The van der Waals surface area contributed by atoms with Crippen LogP contribution < -0.4 is 15.4 Å². The van der Waals surface area contributed by atoms with Crippen LogP contribution in [-0.4, -0.2) is 31.8 Å². The average Bonchev–Trinajstić information content (AvgIpc) is 3.24. The second kappa shape index (κ2) is 8.15. The summed E-state index contributed by atoms with van der Waals surface area (Å²) in [5, 5.41) is 3.78. The van der Waals surface area contributed by atoms with Crippen molar-refractivity contribution >= 4 is 40.0 Å². The molecule has 5 aliphatic carbocycles. The summed E-state index contributed by atoms with van der Waals surface area (Å²) in [6.45, 7) is 1.78. The number of anilines is 1. The molecule has 4 bridgehead atoms. The Kier molecular flexibility index (Phi) is 5.67. The lowest BCUT2D eigenvalue weighted by Crippen LogP contribution is -2.66. The highest BCUT2D eigenvalue weighted by atomic mass is 35.5. The number of hydrogen-bond donors (Lipinski definition) is 3. The van der Waals surface area contributed by atoms with Crippen molar-refractivity contribution in [3.63, 3.8) is 0 Å². The van der Waals surface area contributed by atoms with Crippen molar-refractivity contribution in [2.45, 2.75) is 76.3 Å². The van der Waals surface area contributed by atoms with Crippen molar-refractivity contribution in [1.29, 1.82) is 0 Å². The van der Waals surface area contributed by atoms with Crippen LogP contribution in [0.3, 0.4) is 0 Å². The number of benzene rings is 1. The summed E-state index contributed by atoms with van der Waals surface area (Å²) in [7, 11) is -3.06. The predicted octanol–water partition coefficient (Wildman–Crippen LogP) is 3.09. The Bertz CT molecular complexity index is 1040. The van der Waals surface area contributed by atoms with Crippen LogP contribution in [0.2, 0.25) is 5.02 Å². The lowest BCUT2D eigenvalue weighted by Gasteiger charge is -2.59. The number of carbonyl (C=O) groups is 2. The molecule has 7 nitrogen and oxygen atoms in total. The Morgan fingerprint density at radius 3 is 2.33 bits per heavy atom. The lowest BCUT2D eigenvalue weighted by atomic mass is 9.47. The number of thiol groups is 1. The van der Waals surface area contributed by atoms with E-state index < -0.39 is 21.8 Å². The van der Waals surface area contributed by atoms with Crippen LogP contribution in [0, 0.1) is 30.1 Å². The van der Waals surface area contributed by atoms with E-state index in [0.29, 0.717) is 35.0 Å². The molecule has 2 amide bonds. The largest absolute Gasteiger partial charge is 0.369 e. The maximum atomic E-state index is 13.9. The molecule has 0 radical (unpaired) electrons. The van der Waals surface area contributed by atoms with Crippen molar-refractivity contribution in [1.82, 2.24) is 5.32 Å². The van der Waals surface area contributed by atoms with Crippen LogP contribution in [0.5, 0.6) is 0 Å². The summed E-state index contributed by atoms with van der Waals surface area (Å²) in [5.74, 6) is 0.501. The number of nitrogens with zero attached hydrogens (tertiary/aromatic N) is 1. The molecule has 9 heteroatoms. The molecule has 5 saturated carbocycles. The summed E-state index contributed by atoms with van der Waals surface area (Å²) in [6, 6.07) is 5.13. The van der Waals surface area contributed by atoms with E-state index in [2.05, 4.69) is 5.32 Å². The smallest absolute Gasteiger partial charge is 0.247 e. The molecule has 6 rings (SSSR count). The van der Waals surface area contributed by atoms with Gasteiger partial charge >= 0.3 is 0 Å². The molecule has 0 heterocycles. The van der Waals surface area contributed by atoms with Crippen molar-refractivity contribution in [3.8, 4) is 0 Å². The van der Waals surface area contributed by atoms with Crippen LogP contribution in [0.4, 0.5) is 5.69 Å². The minimum atomic E-state index is -3.06. The van der Waals surface area contributed by atoms with E-state index >= 15 is 0 Å². The van der Waals surface area contributed by atoms with Gasteiger partial charge in [0.1, 0.15) is 5.54 Å². The van der Waals surface area contributed by atoms with E-state index in [1.807, 2.05) is 0 Å². The molecule has 3 N–H and O–H groups in total. The molecule has 0 aliphatic heterocycles. The zero-order valence-corrected chi connectivity index (χ0v) is 20.5. The number of carbonyl (C=O) groups excluding carboxylic acids is 2. The van der Waals surface area contributed by atoms with Gasteiger partial charge in [-0.2, -0.15) is 0 Å². The maximum absolute atomic E-state index is 13.9. The number of primary amides is 1. The Balaban J connectivity index is 1.46. The van der Waals surface area contributed by atoms with E-state index in [0.717, 1.165) is 44.9 Å². The summed E-state index contributed by atoms with van der Waals surface area (Å²) in [6.07, 6.45) is 6.84. The molecule has 2 atom stereocenters. The highest BCUT2D eigenvalue weighted by Gasteiger charge is 2.59. The van der Waals surface area contributed by atoms with E-state index in [4.69, 9.17) is 17.3 Å². The quantitative estimate of drug-likeness (QED) is 0.529. The highest BCUT2D eigenvalue weighted by molar-refractivity contribution is 7.74. The van der Waals surface area contributed by atoms with Gasteiger partial charge in [0, 0.05) is 16.5 Å². The first-order valence-corrected chi connectivity index (χ1v) is 13.5. The summed E-state index contributed by atoms with van der Waals surface area (Å²) in [5.41, 5.74) is 5.35. The van der Waals surface area contributed by atoms with Gasteiger partial charge in [0.15, 0.2) is 0 Å². The van der Waals surface area contributed by atoms with Crippen molar-refractivity contribution in [2.75, 3.05) is 4.31 Å². The van der Waals surface area contributed by atoms with Crippen molar-refractivity contribution in [2.24, 2.45) is 28.9 Å². The van der Waals surface area contributed by atoms with Gasteiger partial charge in [-0.05, 0) is 87.3 Å². The first-order chi connectivity index (χ1) is 15.7. The molecule has 2 unspecified atom stereocenters. The number of nitrogens with one attached hydrogen (secondary N) is 1. The van der Waals surface area contributed by atoms with Crippen LogP contribution in [0.15, 0.2) is 18.2 Å². The number of hydrogen-bond acceptors (Lipinski definition) is 4. The molecular formula is C24H32ClN3O4S. The Labute approximate surface area is 201 Å².